The molecule has 1 spiro atoms. The Morgan fingerprint density at radius 1 is 1.27 bits per heavy atom. The van der Waals surface area contributed by atoms with E-state index in [1.807, 2.05) is 0 Å². The van der Waals surface area contributed by atoms with E-state index >= 15 is 0 Å². The van der Waals surface area contributed by atoms with Crippen LogP contribution in [0.25, 0.3) is 0 Å². The van der Waals surface area contributed by atoms with Gasteiger partial charge in [0.05, 0.1) is 0 Å². The van der Waals surface area contributed by atoms with E-state index in [4.69, 9.17) is 0 Å². The Balaban J connectivity index is 1.93. The van der Waals surface area contributed by atoms with Gasteiger partial charge in [-0.2, -0.15) is 0 Å². The number of Topliss-reactive ketones (excluding diaryl/α,β-unsaturated/α-hetero) is 1. The molecule has 0 radical (unpaired) electrons. The maximum Gasteiger partial charge on any atom is 0.136 e. The summed E-state index contributed by atoms with van der Waals surface area (Å²) in [5, 5.41) is 0. The van der Waals surface area contributed by atoms with Gasteiger partial charge in [-0.3, -0.25) is 4.79 Å². The molecule has 0 heterocycles. The standard InChI is InChI=1S/C10H14O/c11-8-4-6-10-5-2-1-3-7(10)9(8)10/h7,9H,1-6H2. The normalized spacial score (nSPS) is 53.6. The highest BCUT2D eigenvalue weighted by Crippen LogP contribution is 2.72. The lowest BCUT2D eigenvalue weighted by molar-refractivity contribution is -0.119. The quantitative estimate of drug-likeness (QED) is 0.517. The van der Waals surface area contributed by atoms with E-state index in [1.165, 1.54) is 32.1 Å². The topological polar surface area (TPSA) is 17.1 Å². The first-order valence-electron chi connectivity index (χ1n) is 4.87. The predicted molar refractivity (Wildman–Crippen MR) is 42.1 cm³/mol. The number of rotatable bonds is 0. The number of hydrogen-bond acceptors (Lipinski definition) is 1. The summed E-state index contributed by atoms with van der Waals surface area (Å²) in [6, 6.07) is 0. The van der Waals surface area contributed by atoms with Gasteiger partial charge in [-0.05, 0) is 30.6 Å². The molecule has 0 aromatic carbocycles. The Morgan fingerprint density at radius 2 is 2.18 bits per heavy atom. The first-order valence-corrected chi connectivity index (χ1v) is 4.87. The van der Waals surface area contributed by atoms with Crippen LogP contribution in [0.2, 0.25) is 0 Å². The molecule has 0 aliphatic heterocycles. The van der Waals surface area contributed by atoms with E-state index in [0.29, 0.717) is 17.1 Å². The van der Waals surface area contributed by atoms with Gasteiger partial charge in [0, 0.05) is 12.3 Å². The lowest BCUT2D eigenvalue weighted by Gasteiger charge is -2.18. The van der Waals surface area contributed by atoms with Gasteiger partial charge in [0.15, 0.2) is 0 Å². The zero-order chi connectivity index (χ0) is 7.47. The van der Waals surface area contributed by atoms with Crippen LogP contribution in [-0.2, 0) is 4.79 Å². The van der Waals surface area contributed by atoms with Crippen molar-refractivity contribution < 1.29 is 4.79 Å². The van der Waals surface area contributed by atoms with E-state index in [0.717, 1.165) is 12.3 Å². The van der Waals surface area contributed by atoms with Crippen molar-refractivity contribution in [2.24, 2.45) is 17.3 Å². The summed E-state index contributed by atoms with van der Waals surface area (Å²) in [5.74, 6) is 1.99. The van der Waals surface area contributed by atoms with Crippen LogP contribution in [0.4, 0.5) is 0 Å². The van der Waals surface area contributed by atoms with Gasteiger partial charge in [-0.1, -0.05) is 12.8 Å². The average molecular weight is 150 g/mol. The van der Waals surface area contributed by atoms with Crippen LogP contribution < -0.4 is 0 Å². The Hall–Kier alpha value is -0.330. The van der Waals surface area contributed by atoms with E-state index in [-0.39, 0.29) is 0 Å². The second-order valence-corrected chi connectivity index (χ2v) is 4.53. The van der Waals surface area contributed by atoms with Crippen molar-refractivity contribution in [1.82, 2.24) is 0 Å². The average Bonchev–Trinajstić information content (AvgIpc) is 2.60. The van der Waals surface area contributed by atoms with E-state index in [2.05, 4.69) is 0 Å². The van der Waals surface area contributed by atoms with Crippen LogP contribution in [-0.4, -0.2) is 5.78 Å². The molecule has 0 aromatic heterocycles. The number of ketones is 1. The third kappa shape index (κ3) is 0.567. The summed E-state index contributed by atoms with van der Waals surface area (Å²) < 4.78 is 0. The fraction of sp³-hybridized carbons (Fsp3) is 0.900. The van der Waals surface area contributed by atoms with Gasteiger partial charge in [0.1, 0.15) is 5.78 Å². The Bertz CT molecular complexity index is 221. The molecule has 3 unspecified atom stereocenters. The lowest BCUT2D eigenvalue weighted by atomic mass is 9.86. The number of fused-ring (bicyclic) bond motifs is 1. The molecule has 0 amide bonds. The Kier molecular flexibility index (Phi) is 0.961. The highest BCUT2D eigenvalue weighted by atomic mass is 16.1. The molecule has 3 saturated carbocycles. The zero-order valence-corrected chi connectivity index (χ0v) is 6.81. The van der Waals surface area contributed by atoms with Crippen molar-refractivity contribution in [3.05, 3.63) is 0 Å². The smallest absolute Gasteiger partial charge is 0.136 e. The molecule has 11 heavy (non-hydrogen) atoms. The Morgan fingerprint density at radius 3 is 3.00 bits per heavy atom. The second-order valence-electron chi connectivity index (χ2n) is 4.53. The number of hydrogen-bond donors (Lipinski definition) is 0. The monoisotopic (exact) mass is 150 g/mol. The molecule has 3 atom stereocenters. The predicted octanol–water partition coefficient (Wildman–Crippen LogP) is 2.16. The zero-order valence-electron chi connectivity index (χ0n) is 6.81. The van der Waals surface area contributed by atoms with Crippen molar-refractivity contribution >= 4 is 5.78 Å². The summed E-state index contributed by atoms with van der Waals surface area (Å²) in [6.07, 6.45) is 7.64. The van der Waals surface area contributed by atoms with Crippen LogP contribution in [0.15, 0.2) is 0 Å². The second kappa shape index (κ2) is 1.70. The van der Waals surface area contributed by atoms with Crippen molar-refractivity contribution in [2.75, 3.05) is 0 Å². The molecule has 0 bridgehead atoms. The van der Waals surface area contributed by atoms with Crippen molar-refractivity contribution in [2.45, 2.75) is 38.5 Å². The fourth-order valence-electron chi connectivity index (χ4n) is 3.71. The first kappa shape index (κ1) is 6.22. The van der Waals surface area contributed by atoms with Crippen LogP contribution >= 0.6 is 0 Å². The van der Waals surface area contributed by atoms with E-state index in [1.54, 1.807) is 0 Å². The third-order valence-electron chi connectivity index (χ3n) is 4.24. The summed E-state index contributed by atoms with van der Waals surface area (Å²) >= 11 is 0. The van der Waals surface area contributed by atoms with Crippen molar-refractivity contribution in [1.29, 1.82) is 0 Å². The SMILES string of the molecule is O=C1CCC23CCCCC2C13. The lowest BCUT2D eigenvalue weighted by Crippen LogP contribution is -2.07. The van der Waals surface area contributed by atoms with E-state index in [9.17, 15) is 4.79 Å². The summed E-state index contributed by atoms with van der Waals surface area (Å²) in [5.41, 5.74) is 0.579. The third-order valence-corrected chi connectivity index (χ3v) is 4.24. The van der Waals surface area contributed by atoms with Crippen LogP contribution in [0, 0.1) is 17.3 Å². The van der Waals surface area contributed by atoms with Gasteiger partial charge in [-0.15, -0.1) is 0 Å². The van der Waals surface area contributed by atoms with Gasteiger partial charge < -0.3 is 0 Å². The number of carbonyl (C=O) groups excluding carboxylic acids is 1. The molecule has 3 fully saturated rings. The minimum atomic E-state index is 0.546. The molecule has 3 aliphatic rings. The van der Waals surface area contributed by atoms with E-state index < -0.39 is 0 Å². The molecule has 0 aromatic rings. The van der Waals surface area contributed by atoms with Crippen LogP contribution in [0.5, 0.6) is 0 Å². The molecule has 1 nitrogen and oxygen atoms in total. The highest BCUT2D eigenvalue weighted by Gasteiger charge is 2.69. The molecular formula is C10H14O. The van der Waals surface area contributed by atoms with Gasteiger partial charge in [0.25, 0.3) is 0 Å². The first-order chi connectivity index (χ1) is 5.34. The molecule has 3 rings (SSSR count). The summed E-state index contributed by atoms with van der Waals surface area (Å²) in [4.78, 5) is 11.4. The number of carbonyl (C=O) groups is 1. The molecule has 3 aliphatic carbocycles. The Labute approximate surface area is 67.2 Å². The minimum absolute atomic E-state index is 0.546. The van der Waals surface area contributed by atoms with Crippen molar-refractivity contribution in [3.63, 3.8) is 0 Å². The maximum absolute atomic E-state index is 11.4. The van der Waals surface area contributed by atoms with Crippen LogP contribution in [0.1, 0.15) is 38.5 Å². The fourth-order valence-corrected chi connectivity index (χ4v) is 3.71. The van der Waals surface area contributed by atoms with Gasteiger partial charge in [0.2, 0.25) is 0 Å². The van der Waals surface area contributed by atoms with Gasteiger partial charge in [-0.25, -0.2) is 0 Å². The van der Waals surface area contributed by atoms with Gasteiger partial charge >= 0.3 is 0 Å². The molecule has 0 saturated heterocycles. The highest BCUT2D eigenvalue weighted by molar-refractivity contribution is 5.88. The minimum Gasteiger partial charge on any atom is -0.299 e. The largest absolute Gasteiger partial charge is 0.299 e. The molecular weight excluding hydrogens is 136 g/mol. The van der Waals surface area contributed by atoms with Crippen LogP contribution in [0.3, 0.4) is 0 Å². The molecule has 1 heteroatoms. The molecule has 60 valence electrons. The molecule has 0 N–H and O–H groups in total. The summed E-state index contributed by atoms with van der Waals surface area (Å²) in [6.45, 7) is 0. The maximum atomic E-state index is 11.4. The summed E-state index contributed by atoms with van der Waals surface area (Å²) in [7, 11) is 0. The van der Waals surface area contributed by atoms with Crippen molar-refractivity contribution in [3.8, 4) is 0 Å².